The first-order valence-electron chi connectivity index (χ1n) is 4.20. The smallest absolute Gasteiger partial charge is 0.0552 e. The molecule has 0 heterocycles. The van der Waals surface area contributed by atoms with E-state index in [1.54, 1.807) is 0 Å². The van der Waals surface area contributed by atoms with Gasteiger partial charge in [0.05, 0.1) is 6.10 Å². The first-order chi connectivity index (χ1) is 5.77. The highest BCUT2D eigenvalue weighted by Gasteiger charge is 2.29. The van der Waals surface area contributed by atoms with Gasteiger partial charge >= 0.3 is 0 Å². The summed E-state index contributed by atoms with van der Waals surface area (Å²) in [5.74, 6) is 0.480. The Balaban J connectivity index is 2.18. The van der Waals surface area contributed by atoms with Gasteiger partial charge < -0.3 is 5.11 Å². The third-order valence-corrected chi connectivity index (χ3v) is 2.80. The van der Waals surface area contributed by atoms with Crippen molar-refractivity contribution in [3.63, 3.8) is 0 Å². The summed E-state index contributed by atoms with van der Waals surface area (Å²) in [4.78, 5) is 0. The van der Waals surface area contributed by atoms with Crippen molar-refractivity contribution in [2.45, 2.75) is 24.9 Å². The fourth-order valence-electron chi connectivity index (χ4n) is 1.65. The molecular weight excluding hydrogens is 172 g/mol. The van der Waals surface area contributed by atoms with Gasteiger partial charge in [0.1, 0.15) is 0 Å². The van der Waals surface area contributed by atoms with Gasteiger partial charge in [0, 0.05) is 5.02 Å². The second-order valence-corrected chi connectivity index (χ2v) is 3.75. The highest BCUT2D eigenvalue weighted by molar-refractivity contribution is 6.31. The van der Waals surface area contributed by atoms with Gasteiger partial charge in [0.2, 0.25) is 0 Å². The summed E-state index contributed by atoms with van der Waals surface area (Å²) in [6.45, 7) is 0. The molecule has 0 radical (unpaired) electrons. The number of halogens is 1. The molecule has 1 fully saturated rings. The molecule has 0 spiro atoms. The van der Waals surface area contributed by atoms with E-state index < -0.39 is 0 Å². The number of benzene rings is 1. The first kappa shape index (κ1) is 8.09. The molecule has 2 heteroatoms. The van der Waals surface area contributed by atoms with Gasteiger partial charge in [-0.1, -0.05) is 29.8 Å². The summed E-state index contributed by atoms with van der Waals surface area (Å²) >= 11 is 6.00. The third kappa shape index (κ3) is 1.35. The highest BCUT2D eigenvalue weighted by Crippen LogP contribution is 2.39. The number of rotatable bonds is 1. The lowest BCUT2D eigenvalue weighted by Gasteiger charge is -2.32. The summed E-state index contributed by atoms with van der Waals surface area (Å²) < 4.78 is 0. The molecule has 0 atom stereocenters. The van der Waals surface area contributed by atoms with Crippen molar-refractivity contribution in [3.8, 4) is 0 Å². The Hall–Kier alpha value is -0.530. The molecule has 2 rings (SSSR count). The molecular formula is C10H11ClO. The van der Waals surface area contributed by atoms with Crippen LogP contribution in [0.4, 0.5) is 0 Å². The minimum absolute atomic E-state index is 0.105. The minimum Gasteiger partial charge on any atom is -0.393 e. The van der Waals surface area contributed by atoms with Crippen molar-refractivity contribution in [3.05, 3.63) is 34.9 Å². The third-order valence-electron chi connectivity index (χ3n) is 2.46. The molecule has 0 aromatic heterocycles. The molecule has 1 aliphatic rings. The SMILES string of the molecule is OC1CC(c2ccccc2Cl)C1. The monoisotopic (exact) mass is 182 g/mol. The van der Waals surface area contributed by atoms with E-state index in [1.165, 1.54) is 5.56 Å². The summed E-state index contributed by atoms with van der Waals surface area (Å²) in [6, 6.07) is 7.87. The van der Waals surface area contributed by atoms with E-state index in [9.17, 15) is 0 Å². The second-order valence-electron chi connectivity index (χ2n) is 3.34. The van der Waals surface area contributed by atoms with Crippen LogP contribution in [0.3, 0.4) is 0 Å². The molecule has 1 aromatic rings. The van der Waals surface area contributed by atoms with Gasteiger partial charge in [0.15, 0.2) is 0 Å². The Morgan fingerprint density at radius 2 is 1.92 bits per heavy atom. The van der Waals surface area contributed by atoms with Crippen LogP contribution in [0.5, 0.6) is 0 Å². The number of aliphatic hydroxyl groups is 1. The minimum atomic E-state index is -0.105. The average Bonchev–Trinajstić information content (AvgIpc) is 2.01. The van der Waals surface area contributed by atoms with Crippen molar-refractivity contribution in [1.29, 1.82) is 0 Å². The van der Waals surface area contributed by atoms with Gasteiger partial charge in [-0.3, -0.25) is 0 Å². The molecule has 64 valence electrons. The van der Waals surface area contributed by atoms with Gasteiger partial charge in [-0.05, 0) is 30.4 Å². The lowest BCUT2D eigenvalue weighted by molar-refractivity contribution is 0.0747. The topological polar surface area (TPSA) is 20.2 Å². The van der Waals surface area contributed by atoms with Crippen LogP contribution in [-0.4, -0.2) is 11.2 Å². The van der Waals surface area contributed by atoms with Crippen LogP contribution in [0, 0.1) is 0 Å². The Kier molecular flexibility index (Phi) is 2.07. The van der Waals surface area contributed by atoms with E-state index in [1.807, 2.05) is 24.3 Å². The molecule has 1 aliphatic carbocycles. The van der Waals surface area contributed by atoms with Gasteiger partial charge in [-0.15, -0.1) is 0 Å². The van der Waals surface area contributed by atoms with Gasteiger partial charge in [-0.25, -0.2) is 0 Å². The standard InChI is InChI=1S/C10H11ClO/c11-10-4-2-1-3-9(10)7-5-8(12)6-7/h1-4,7-8,12H,5-6H2. The van der Waals surface area contributed by atoms with Crippen molar-refractivity contribution in [2.24, 2.45) is 0 Å². The molecule has 0 saturated heterocycles. The Bertz CT molecular complexity index is 279. The molecule has 1 saturated carbocycles. The molecule has 1 aromatic carbocycles. The maximum Gasteiger partial charge on any atom is 0.0552 e. The van der Waals surface area contributed by atoms with Crippen LogP contribution in [-0.2, 0) is 0 Å². The van der Waals surface area contributed by atoms with E-state index in [4.69, 9.17) is 16.7 Å². The summed E-state index contributed by atoms with van der Waals surface area (Å²) in [5, 5.41) is 9.96. The van der Waals surface area contributed by atoms with Crippen LogP contribution in [0.15, 0.2) is 24.3 Å². The lowest BCUT2D eigenvalue weighted by atomic mass is 9.78. The quantitative estimate of drug-likeness (QED) is 0.708. The molecule has 0 bridgehead atoms. The van der Waals surface area contributed by atoms with Crippen molar-refractivity contribution in [1.82, 2.24) is 0 Å². The number of hydrogen-bond donors (Lipinski definition) is 1. The predicted molar refractivity (Wildman–Crippen MR) is 49.4 cm³/mol. The molecule has 0 unspecified atom stereocenters. The fourth-order valence-corrected chi connectivity index (χ4v) is 1.94. The first-order valence-corrected chi connectivity index (χ1v) is 4.57. The van der Waals surface area contributed by atoms with Crippen LogP contribution >= 0.6 is 11.6 Å². The Morgan fingerprint density at radius 1 is 1.25 bits per heavy atom. The molecule has 1 nitrogen and oxygen atoms in total. The Labute approximate surface area is 77.0 Å². The van der Waals surface area contributed by atoms with Crippen LogP contribution in [0.25, 0.3) is 0 Å². The van der Waals surface area contributed by atoms with E-state index in [0.29, 0.717) is 5.92 Å². The lowest BCUT2D eigenvalue weighted by Crippen LogP contribution is -2.26. The van der Waals surface area contributed by atoms with E-state index in [2.05, 4.69) is 0 Å². The maximum absolute atomic E-state index is 9.13. The maximum atomic E-state index is 9.13. The van der Waals surface area contributed by atoms with Crippen molar-refractivity contribution >= 4 is 11.6 Å². The molecule has 0 amide bonds. The average molecular weight is 183 g/mol. The van der Waals surface area contributed by atoms with Crippen molar-refractivity contribution in [2.75, 3.05) is 0 Å². The summed E-state index contributed by atoms with van der Waals surface area (Å²) in [6.07, 6.45) is 1.62. The van der Waals surface area contributed by atoms with E-state index in [-0.39, 0.29) is 6.10 Å². The predicted octanol–water partition coefficient (Wildman–Crippen LogP) is 2.58. The van der Waals surface area contributed by atoms with Crippen LogP contribution < -0.4 is 0 Å². The van der Waals surface area contributed by atoms with Crippen LogP contribution in [0.2, 0.25) is 5.02 Å². The zero-order chi connectivity index (χ0) is 8.55. The zero-order valence-corrected chi connectivity index (χ0v) is 7.46. The highest BCUT2D eigenvalue weighted by atomic mass is 35.5. The number of aliphatic hydroxyl groups excluding tert-OH is 1. The Morgan fingerprint density at radius 3 is 2.50 bits per heavy atom. The molecule has 0 aliphatic heterocycles. The summed E-state index contributed by atoms with van der Waals surface area (Å²) in [7, 11) is 0. The van der Waals surface area contributed by atoms with E-state index in [0.717, 1.165) is 17.9 Å². The largest absolute Gasteiger partial charge is 0.393 e. The van der Waals surface area contributed by atoms with Crippen molar-refractivity contribution < 1.29 is 5.11 Å². The molecule has 1 N–H and O–H groups in total. The van der Waals surface area contributed by atoms with Gasteiger partial charge in [0.25, 0.3) is 0 Å². The zero-order valence-electron chi connectivity index (χ0n) is 6.70. The van der Waals surface area contributed by atoms with E-state index >= 15 is 0 Å². The number of hydrogen-bond acceptors (Lipinski definition) is 1. The van der Waals surface area contributed by atoms with Gasteiger partial charge in [-0.2, -0.15) is 0 Å². The summed E-state index contributed by atoms with van der Waals surface area (Å²) in [5.41, 5.74) is 1.18. The van der Waals surface area contributed by atoms with Crippen LogP contribution in [0.1, 0.15) is 24.3 Å². The molecule has 12 heavy (non-hydrogen) atoms. The second kappa shape index (κ2) is 3.08. The normalized spacial score (nSPS) is 28.2. The fraction of sp³-hybridized carbons (Fsp3) is 0.400.